The maximum atomic E-state index is 13.0. The lowest BCUT2D eigenvalue weighted by atomic mass is 10.2. The van der Waals surface area contributed by atoms with Gasteiger partial charge in [-0.1, -0.05) is 6.07 Å². The van der Waals surface area contributed by atoms with Gasteiger partial charge in [-0.15, -0.1) is 11.3 Å². The molecule has 0 atom stereocenters. The number of thiazole rings is 1. The molecule has 176 valence electrons. The standard InChI is InChI=1S/C21H20F3N3O4S2/c1-13-6-7-17(31-13)19-25-14(2)18(32-19)20(28)26-8-10-27(11-9-26)33(29,30)16-5-3-4-15(12-16)21(22,23)24/h3-7,12H,8-11H2,1-2H3. The molecule has 1 fully saturated rings. The Kier molecular flexibility index (Phi) is 6.10. The minimum absolute atomic E-state index is 0.0214. The van der Waals surface area contributed by atoms with Gasteiger partial charge in [0.15, 0.2) is 10.8 Å². The predicted octanol–water partition coefficient (Wildman–Crippen LogP) is 4.19. The normalized spacial score (nSPS) is 15.7. The highest BCUT2D eigenvalue weighted by molar-refractivity contribution is 7.89. The molecule has 0 radical (unpaired) electrons. The number of sulfonamides is 1. The third-order valence-electron chi connectivity index (χ3n) is 5.27. The maximum absolute atomic E-state index is 13.0. The summed E-state index contributed by atoms with van der Waals surface area (Å²) in [6.07, 6.45) is -4.64. The number of piperazine rings is 1. The summed E-state index contributed by atoms with van der Waals surface area (Å²) in [6, 6.07) is 7.24. The van der Waals surface area contributed by atoms with Gasteiger partial charge in [0.05, 0.1) is 16.2 Å². The molecule has 12 heteroatoms. The van der Waals surface area contributed by atoms with E-state index < -0.39 is 26.7 Å². The molecule has 2 aromatic heterocycles. The fourth-order valence-electron chi connectivity index (χ4n) is 3.51. The average Bonchev–Trinajstić information content (AvgIpc) is 3.38. The Bertz CT molecular complexity index is 1290. The lowest BCUT2D eigenvalue weighted by Crippen LogP contribution is -2.50. The number of aryl methyl sites for hydroxylation is 2. The predicted molar refractivity (Wildman–Crippen MR) is 115 cm³/mol. The van der Waals surface area contributed by atoms with Gasteiger partial charge in [-0.3, -0.25) is 4.79 Å². The first-order chi connectivity index (χ1) is 15.5. The van der Waals surface area contributed by atoms with Crippen molar-refractivity contribution in [2.45, 2.75) is 24.9 Å². The smallest absolute Gasteiger partial charge is 0.416 e. The zero-order valence-corrected chi connectivity index (χ0v) is 19.4. The zero-order valence-electron chi connectivity index (χ0n) is 17.7. The molecule has 0 N–H and O–H groups in total. The Balaban J connectivity index is 1.47. The summed E-state index contributed by atoms with van der Waals surface area (Å²) in [5.41, 5.74) is -0.478. The SMILES string of the molecule is Cc1ccc(-c2nc(C)c(C(=O)N3CCN(S(=O)(=O)c4cccc(C(F)(F)F)c4)CC3)s2)o1. The quantitative estimate of drug-likeness (QED) is 0.538. The monoisotopic (exact) mass is 499 g/mol. The molecule has 0 spiro atoms. The van der Waals surface area contributed by atoms with E-state index in [1.165, 1.54) is 16.2 Å². The first-order valence-corrected chi connectivity index (χ1v) is 12.2. The first-order valence-electron chi connectivity index (χ1n) is 9.98. The van der Waals surface area contributed by atoms with Crippen LogP contribution >= 0.6 is 11.3 Å². The molecule has 1 aliphatic heterocycles. The topological polar surface area (TPSA) is 83.7 Å². The van der Waals surface area contributed by atoms with Gasteiger partial charge in [-0.05, 0) is 44.2 Å². The van der Waals surface area contributed by atoms with E-state index in [1.54, 1.807) is 19.1 Å². The number of hydrogen-bond donors (Lipinski definition) is 0. The van der Waals surface area contributed by atoms with Crippen LogP contribution in [0.5, 0.6) is 0 Å². The molecule has 3 heterocycles. The van der Waals surface area contributed by atoms with Crippen molar-refractivity contribution in [3.63, 3.8) is 0 Å². The minimum Gasteiger partial charge on any atom is -0.459 e. The molecule has 4 rings (SSSR count). The van der Waals surface area contributed by atoms with E-state index in [2.05, 4.69) is 4.98 Å². The highest BCUT2D eigenvalue weighted by atomic mass is 32.2. The van der Waals surface area contributed by atoms with Gasteiger partial charge in [0.2, 0.25) is 10.0 Å². The number of amides is 1. The molecule has 0 bridgehead atoms. The van der Waals surface area contributed by atoms with Crippen LogP contribution in [-0.2, 0) is 16.2 Å². The van der Waals surface area contributed by atoms with Crippen LogP contribution in [0.1, 0.15) is 26.7 Å². The van der Waals surface area contributed by atoms with Crippen molar-refractivity contribution in [1.82, 2.24) is 14.2 Å². The van der Waals surface area contributed by atoms with Crippen molar-refractivity contribution in [2.24, 2.45) is 0 Å². The number of halogens is 3. The Hall–Kier alpha value is -2.70. The molecule has 33 heavy (non-hydrogen) atoms. The fourth-order valence-corrected chi connectivity index (χ4v) is 5.97. The van der Waals surface area contributed by atoms with E-state index in [9.17, 15) is 26.4 Å². The van der Waals surface area contributed by atoms with E-state index in [0.717, 1.165) is 28.3 Å². The van der Waals surface area contributed by atoms with Gasteiger partial charge < -0.3 is 9.32 Å². The van der Waals surface area contributed by atoms with E-state index >= 15 is 0 Å². The molecular formula is C21H20F3N3O4S2. The lowest BCUT2D eigenvalue weighted by molar-refractivity contribution is -0.137. The van der Waals surface area contributed by atoms with E-state index in [1.807, 2.05) is 6.92 Å². The van der Waals surface area contributed by atoms with Gasteiger partial charge in [-0.25, -0.2) is 13.4 Å². The number of nitrogens with zero attached hydrogens (tertiary/aromatic N) is 3. The minimum atomic E-state index is -4.64. The van der Waals surface area contributed by atoms with Crippen LogP contribution in [0.15, 0.2) is 45.7 Å². The van der Waals surface area contributed by atoms with Crippen LogP contribution in [0.2, 0.25) is 0 Å². The number of benzene rings is 1. The van der Waals surface area contributed by atoms with Crippen LogP contribution in [-0.4, -0.2) is 54.7 Å². The number of carbonyl (C=O) groups excluding carboxylic acids is 1. The van der Waals surface area contributed by atoms with Gasteiger partial charge in [0.25, 0.3) is 5.91 Å². The first kappa shape index (κ1) is 23.5. The largest absolute Gasteiger partial charge is 0.459 e. The molecule has 0 unspecified atom stereocenters. The number of aromatic nitrogens is 1. The number of rotatable bonds is 4. The van der Waals surface area contributed by atoms with Crippen LogP contribution < -0.4 is 0 Å². The Labute approximate surface area is 192 Å². The van der Waals surface area contributed by atoms with E-state index in [4.69, 9.17) is 4.42 Å². The molecule has 1 aromatic carbocycles. The van der Waals surface area contributed by atoms with Crippen molar-refractivity contribution < 1.29 is 30.8 Å². The molecule has 1 amide bonds. The van der Waals surface area contributed by atoms with Crippen LogP contribution in [0.25, 0.3) is 10.8 Å². The summed E-state index contributed by atoms with van der Waals surface area (Å²) < 4.78 is 71.3. The summed E-state index contributed by atoms with van der Waals surface area (Å²) in [5, 5.41) is 0.578. The van der Waals surface area contributed by atoms with Gasteiger partial charge in [0, 0.05) is 26.2 Å². The van der Waals surface area contributed by atoms with Crippen molar-refractivity contribution in [3.8, 4) is 10.8 Å². The van der Waals surface area contributed by atoms with Crippen molar-refractivity contribution in [3.05, 3.63) is 58.3 Å². The summed E-state index contributed by atoms with van der Waals surface area (Å²) in [7, 11) is -4.12. The highest BCUT2D eigenvalue weighted by Crippen LogP contribution is 2.32. The van der Waals surface area contributed by atoms with Crippen LogP contribution in [0, 0.1) is 13.8 Å². The molecule has 1 aliphatic rings. The summed E-state index contributed by atoms with van der Waals surface area (Å²) in [5.74, 6) is 1.02. The highest BCUT2D eigenvalue weighted by Gasteiger charge is 2.35. The second kappa shape index (κ2) is 8.58. The second-order valence-corrected chi connectivity index (χ2v) is 10.5. The molecule has 1 saturated heterocycles. The number of carbonyl (C=O) groups is 1. The third kappa shape index (κ3) is 4.68. The maximum Gasteiger partial charge on any atom is 0.416 e. The average molecular weight is 500 g/mol. The van der Waals surface area contributed by atoms with Crippen molar-refractivity contribution >= 4 is 27.3 Å². The number of hydrogen-bond acceptors (Lipinski definition) is 6. The Morgan fingerprint density at radius 1 is 1.09 bits per heavy atom. The van der Waals surface area contributed by atoms with E-state index in [0.29, 0.717) is 27.4 Å². The molecule has 3 aromatic rings. The molecular weight excluding hydrogens is 479 g/mol. The van der Waals surface area contributed by atoms with Gasteiger partial charge in [0.1, 0.15) is 10.6 Å². The second-order valence-electron chi connectivity index (χ2n) is 7.57. The summed E-state index contributed by atoms with van der Waals surface area (Å²) in [4.78, 5) is 19.0. The van der Waals surface area contributed by atoms with Crippen LogP contribution in [0.4, 0.5) is 13.2 Å². The van der Waals surface area contributed by atoms with Gasteiger partial charge in [-0.2, -0.15) is 17.5 Å². The molecule has 0 aliphatic carbocycles. The molecule has 7 nitrogen and oxygen atoms in total. The lowest BCUT2D eigenvalue weighted by Gasteiger charge is -2.33. The summed E-state index contributed by atoms with van der Waals surface area (Å²) in [6.45, 7) is 3.71. The molecule has 0 saturated carbocycles. The number of alkyl halides is 3. The van der Waals surface area contributed by atoms with Crippen molar-refractivity contribution in [1.29, 1.82) is 0 Å². The van der Waals surface area contributed by atoms with Crippen LogP contribution in [0.3, 0.4) is 0 Å². The van der Waals surface area contributed by atoms with Gasteiger partial charge >= 0.3 is 6.18 Å². The van der Waals surface area contributed by atoms with Crippen molar-refractivity contribution in [2.75, 3.05) is 26.2 Å². The fraction of sp³-hybridized carbons (Fsp3) is 0.333. The third-order valence-corrected chi connectivity index (χ3v) is 8.32. The Morgan fingerprint density at radius 3 is 2.39 bits per heavy atom. The Morgan fingerprint density at radius 2 is 1.79 bits per heavy atom. The van der Waals surface area contributed by atoms with E-state index in [-0.39, 0.29) is 32.1 Å². The zero-order chi connectivity index (χ0) is 24.0. The summed E-state index contributed by atoms with van der Waals surface area (Å²) >= 11 is 1.20. The number of furan rings is 1.